The average molecular weight is 276 g/mol. The first-order chi connectivity index (χ1) is 7.93. The van der Waals surface area contributed by atoms with E-state index in [0.717, 1.165) is 5.56 Å². The molecule has 0 saturated heterocycles. The van der Waals surface area contributed by atoms with Gasteiger partial charge in [-0.2, -0.15) is 0 Å². The van der Waals surface area contributed by atoms with Gasteiger partial charge >= 0.3 is 5.97 Å². The van der Waals surface area contributed by atoms with Crippen LogP contribution in [0.1, 0.15) is 12.0 Å². The third-order valence-corrected chi connectivity index (χ3v) is 4.10. The zero-order valence-electron chi connectivity index (χ0n) is 9.76. The molecule has 1 rings (SSSR count). The summed E-state index contributed by atoms with van der Waals surface area (Å²) in [6.07, 6.45) is 0.645. The van der Waals surface area contributed by atoms with Crippen LogP contribution < -0.4 is 4.52 Å². The number of nitrogens with zero attached hydrogens (tertiary/aromatic N) is 1. The second-order valence-electron chi connectivity index (χ2n) is 3.61. The monoisotopic (exact) mass is 275 g/mol. The van der Waals surface area contributed by atoms with Crippen LogP contribution in [0.15, 0.2) is 29.0 Å². The zero-order chi connectivity index (χ0) is 12.9. The highest BCUT2D eigenvalue weighted by Crippen LogP contribution is 2.51. The van der Waals surface area contributed by atoms with E-state index in [1.165, 1.54) is 0 Å². The fourth-order valence-corrected chi connectivity index (χ4v) is 2.03. The number of benzene rings is 1. The van der Waals surface area contributed by atoms with E-state index in [0.29, 0.717) is 12.2 Å². The van der Waals surface area contributed by atoms with Crippen LogP contribution in [-0.2, 0) is 11.2 Å². The Morgan fingerprint density at radius 3 is 2.53 bits per heavy atom. The van der Waals surface area contributed by atoms with Crippen LogP contribution in [0.25, 0.3) is 0 Å². The topological polar surface area (TPSA) is 58.9 Å². The number of carbonyl (C=O) groups is 1. The van der Waals surface area contributed by atoms with Crippen molar-refractivity contribution in [2.45, 2.75) is 12.8 Å². The molecule has 0 fully saturated rings. The summed E-state index contributed by atoms with van der Waals surface area (Å²) >= 11 is 6.04. The van der Waals surface area contributed by atoms with Gasteiger partial charge in [-0.3, -0.25) is 9.54 Å². The van der Waals surface area contributed by atoms with Crippen molar-refractivity contribution >= 4 is 23.8 Å². The molecule has 0 amide bonds. The Labute approximate surface area is 105 Å². The molecule has 17 heavy (non-hydrogen) atoms. The molecule has 0 aliphatic rings. The molecule has 94 valence electrons. The van der Waals surface area contributed by atoms with Crippen molar-refractivity contribution in [2.75, 3.05) is 13.7 Å². The number of aliphatic carboxylic acids is 1. The quantitative estimate of drug-likeness (QED) is 0.835. The van der Waals surface area contributed by atoms with E-state index in [1.807, 2.05) is 12.1 Å². The van der Waals surface area contributed by atoms with Crippen molar-refractivity contribution in [1.29, 1.82) is 0 Å². The maximum absolute atomic E-state index is 10.4. The minimum absolute atomic E-state index is 0.130. The van der Waals surface area contributed by atoms with Crippen molar-refractivity contribution in [1.82, 2.24) is 0 Å². The molecule has 1 unspecified atom stereocenters. The number of aryl methyl sites for hydroxylation is 1. The highest BCUT2D eigenvalue weighted by atomic mass is 35.7. The van der Waals surface area contributed by atoms with E-state index in [4.69, 9.17) is 20.9 Å². The Morgan fingerprint density at radius 2 is 2.06 bits per heavy atom. The summed E-state index contributed by atoms with van der Waals surface area (Å²) in [6, 6.07) is 7.24. The molecule has 0 spiro atoms. The molecule has 1 atom stereocenters. The van der Waals surface area contributed by atoms with E-state index in [2.05, 4.69) is 4.74 Å². The van der Waals surface area contributed by atoms with Gasteiger partial charge in [0.1, 0.15) is 5.75 Å². The Hall–Kier alpha value is -0.990. The fraction of sp³-hybridized carbons (Fsp3) is 0.364. The summed E-state index contributed by atoms with van der Waals surface area (Å²) in [5.74, 6) is -0.144. The molecule has 0 radical (unpaired) electrons. The van der Waals surface area contributed by atoms with Gasteiger partial charge in [0.15, 0.2) is 0 Å². The number of halogens is 1. The van der Waals surface area contributed by atoms with Crippen molar-refractivity contribution < 1.29 is 14.4 Å². The van der Waals surface area contributed by atoms with E-state index in [-0.39, 0.29) is 6.42 Å². The lowest BCUT2D eigenvalue weighted by Gasteiger charge is -2.13. The summed E-state index contributed by atoms with van der Waals surface area (Å²) in [7, 11) is 1.63. The molecule has 0 bridgehead atoms. The van der Waals surface area contributed by atoms with Crippen molar-refractivity contribution in [3.63, 3.8) is 0 Å². The standard InChI is InChI=1S/C11H15ClNO3P/c1-13-17(2,12)16-10-6-3-9(4-7-10)5-8-11(14)15/h3-4,6-7H,5,8H2,1-2H3,(H,14,15). The molecule has 1 aromatic rings. The van der Waals surface area contributed by atoms with Gasteiger partial charge in [0.05, 0.1) is 0 Å². The molecule has 0 heterocycles. The minimum atomic E-state index is -2.19. The van der Waals surface area contributed by atoms with Crippen LogP contribution in [0.5, 0.6) is 5.75 Å². The zero-order valence-corrected chi connectivity index (χ0v) is 11.4. The summed E-state index contributed by atoms with van der Waals surface area (Å²) < 4.78 is 9.50. The molecule has 1 N–H and O–H groups in total. The molecular formula is C11H15ClNO3P. The molecule has 1 aromatic carbocycles. The van der Waals surface area contributed by atoms with Gasteiger partial charge in [-0.25, -0.2) is 0 Å². The number of hydrogen-bond acceptors (Lipinski definition) is 3. The van der Waals surface area contributed by atoms with Crippen molar-refractivity contribution in [2.24, 2.45) is 4.74 Å². The van der Waals surface area contributed by atoms with Gasteiger partial charge in [0.2, 0.25) is 6.63 Å². The molecule has 0 aliphatic carbocycles. The van der Waals surface area contributed by atoms with Gasteiger partial charge in [-0.1, -0.05) is 12.1 Å². The van der Waals surface area contributed by atoms with Crippen LogP contribution in [0.4, 0.5) is 0 Å². The third kappa shape index (κ3) is 5.24. The number of rotatable bonds is 5. The largest absolute Gasteiger partial charge is 0.481 e. The van der Waals surface area contributed by atoms with Crippen molar-refractivity contribution in [3.05, 3.63) is 29.8 Å². The van der Waals surface area contributed by atoms with E-state index in [9.17, 15) is 4.79 Å². The number of carboxylic acids is 1. The van der Waals surface area contributed by atoms with E-state index in [1.54, 1.807) is 25.8 Å². The van der Waals surface area contributed by atoms with Crippen LogP contribution >= 0.6 is 17.9 Å². The predicted molar refractivity (Wildman–Crippen MR) is 70.1 cm³/mol. The lowest BCUT2D eigenvalue weighted by molar-refractivity contribution is -0.136. The van der Waals surface area contributed by atoms with Crippen LogP contribution in [-0.4, -0.2) is 24.8 Å². The summed E-state index contributed by atoms with van der Waals surface area (Å²) in [5, 5.41) is 8.56. The maximum atomic E-state index is 10.4. The maximum Gasteiger partial charge on any atom is 0.303 e. The van der Waals surface area contributed by atoms with Gasteiger partial charge in [0, 0.05) is 20.1 Å². The van der Waals surface area contributed by atoms with Crippen LogP contribution in [0.3, 0.4) is 0 Å². The smallest absolute Gasteiger partial charge is 0.303 e. The first kappa shape index (κ1) is 14.1. The number of carboxylic acid groups (broad SMARTS) is 1. The lowest BCUT2D eigenvalue weighted by atomic mass is 10.1. The molecule has 0 saturated carbocycles. The second kappa shape index (κ2) is 6.08. The van der Waals surface area contributed by atoms with Crippen LogP contribution in [0.2, 0.25) is 0 Å². The molecular weight excluding hydrogens is 261 g/mol. The minimum Gasteiger partial charge on any atom is -0.481 e. The van der Waals surface area contributed by atoms with Crippen LogP contribution in [0, 0.1) is 0 Å². The Bertz CT molecular complexity index is 439. The lowest BCUT2D eigenvalue weighted by Crippen LogP contribution is -1.97. The normalized spacial score (nSPS) is 13.8. The van der Waals surface area contributed by atoms with E-state index < -0.39 is 12.6 Å². The summed E-state index contributed by atoms with van der Waals surface area (Å²) in [4.78, 5) is 10.4. The Balaban J connectivity index is 2.65. The molecule has 0 aliphatic heterocycles. The van der Waals surface area contributed by atoms with Gasteiger partial charge in [-0.15, -0.1) is 0 Å². The first-order valence-electron chi connectivity index (χ1n) is 5.11. The highest BCUT2D eigenvalue weighted by molar-refractivity contribution is 7.86. The molecule has 0 aromatic heterocycles. The first-order valence-corrected chi connectivity index (χ1v) is 8.12. The van der Waals surface area contributed by atoms with Gasteiger partial charge in [0.25, 0.3) is 0 Å². The fourth-order valence-electron chi connectivity index (χ4n) is 1.20. The van der Waals surface area contributed by atoms with Gasteiger partial charge < -0.3 is 9.63 Å². The average Bonchev–Trinajstić information content (AvgIpc) is 2.28. The Morgan fingerprint density at radius 1 is 1.47 bits per heavy atom. The van der Waals surface area contributed by atoms with E-state index >= 15 is 0 Å². The summed E-state index contributed by atoms with van der Waals surface area (Å²) in [5.41, 5.74) is 0.961. The molecule has 6 heteroatoms. The van der Waals surface area contributed by atoms with Crippen molar-refractivity contribution in [3.8, 4) is 5.75 Å². The number of hydrogen-bond donors (Lipinski definition) is 1. The Kier molecular flexibility index (Phi) is 5.03. The van der Waals surface area contributed by atoms with Gasteiger partial charge in [-0.05, 0) is 35.4 Å². The molecule has 4 nitrogen and oxygen atoms in total. The third-order valence-electron chi connectivity index (χ3n) is 2.18. The second-order valence-corrected chi connectivity index (χ2v) is 7.63. The summed E-state index contributed by atoms with van der Waals surface area (Å²) in [6.45, 7) is -0.432. The SMILES string of the molecule is CN=P(C)(Cl)Oc1ccc(CCC(=O)O)cc1. The highest BCUT2D eigenvalue weighted by Gasteiger charge is 2.09. The predicted octanol–water partition coefficient (Wildman–Crippen LogP) is 3.61.